The molecule has 4 N–H and O–H groups in total. The number of nitrogens with one attached hydrogen (secondary N) is 3. The Labute approximate surface area is 231 Å². The molecule has 0 aliphatic heterocycles. The van der Waals surface area contributed by atoms with Crippen LogP contribution in [0.25, 0.3) is 10.9 Å². The number of amides is 2. The van der Waals surface area contributed by atoms with Crippen LogP contribution in [0.4, 0.5) is 27.1 Å². The van der Waals surface area contributed by atoms with Crippen LogP contribution in [0.3, 0.4) is 0 Å². The first kappa shape index (κ1) is 28.0. The summed E-state index contributed by atoms with van der Waals surface area (Å²) >= 11 is 1.34. The Hall–Kier alpha value is -4.00. The number of benzene rings is 2. The van der Waals surface area contributed by atoms with Gasteiger partial charge in [0.25, 0.3) is 0 Å². The molecule has 0 fully saturated rings. The molecular formula is C27H33N7O4S. The summed E-state index contributed by atoms with van der Waals surface area (Å²) in [5.41, 5.74) is 2.04. The summed E-state index contributed by atoms with van der Waals surface area (Å²) in [4.78, 5) is 27.4. The Morgan fingerprint density at radius 2 is 1.92 bits per heavy atom. The average molecular weight is 552 g/mol. The third kappa shape index (κ3) is 7.99. The number of urea groups is 1. The largest absolute Gasteiger partial charge is 0.493 e. The van der Waals surface area contributed by atoms with E-state index in [1.807, 2.05) is 30.3 Å². The molecule has 0 saturated heterocycles. The van der Waals surface area contributed by atoms with Crippen molar-refractivity contribution in [3.8, 4) is 11.5 Å². The zero-order valence-corrected chi connectivity index (χ0v) is 22.8. The number of thiazole rings is 1. The summed E-state index contributed by atoms with van der Waals surface area (Å²) in [6, 6.07) is 10.6. The number of carbonyl (C=O) groups is 1. The molecule has 12 heteroatoms. The summed E-state index contributed by atoms with van der Waals surface area (Å²) in [6.45, 7) is 5.22. The summed E-state index contributed by atoms with van der Waals surface area (Å²) in [6.07, 6.45) is 4.96. The second kappa shape index (κ2) is 14.2. The Kier molecular flexibility index (Phi) is 10.2. The first-order chi connectivity index (χ1) is 19.1. The molecule has 0 spiro atoms. The lowest BCUT2D eigenvalue weighted by Crippen LogP contribution is -2.29. The molecule has 206 valence electrons. The van der Waals surface area contributed by atoms with Gasteiger partial charge in [0.15, 0.2) is 16.6 Å². The third-order valence-electron chi connectivity index (χ3n) is 5.79. The number of anilines is 4. The van der Waals surface area contributed by atoms with Gasteiger partial charge in [-0.05, 0) is 43.7 Å². The monoisotopic (exact) mass is 551 g/mol. The van der Waals surface area contributed by atoms with Crippen molar-refractivity contribution in [2.24, 2.45) is 0 Å². The van der Waals surface area contributed by atoms with E-state index in [4.69, 9.17) is 9.47 Å². The van der Waals surface area contributed by atoms with Gasteiger partial charge in [0.05, 0.1) is 25.8 Å². The Balaban J connectivity index is 1.46. The van der Waals surface area contributed by atoms with E-state index in [-0.39, 0.29) is 12.6 Å². The maximum absolute atomic E-state index is 12.3. The van der Waals surface area contributed by atoms with E-state index in [0.29, 0.717) is 46.8 Å². The molecule has 4 aromatic rings. The molecule has 0 saturated carbocycles. The van der Waals surface area contributed by atoms with Gasteiger partial charge in [-0.15, -0.1) is 11.3 Å². The molecule has 2 amide bonds. The number of fused-ring (bicyclic) bond motifs is 1. The zero-order valence-electron chi connectivity index (χ0n) is 22.0. The number of hydrogen-bond acceptors (Lipinski definition) is 10. The van der Waals surface area contributed by atoms with Crippen molar-refractivity contribution in [3.05, 3.63) is 54.3 Å². The number of methoxy groups -OCH3 is 1. The number of carbonyl (C=O) groups excluding carboxylic acids is 1. The van der Waals surface area contributed by atoms with Crippen LogP contribution in [0.1, 0.15) is 19.8 Å². The lowest BCUT2D eigenvalue weighted by Gasteiger charge is -2.20. The van der Waals surface area contributed by atoms with Crippen LogP contribution in [0.2, 0.25) is 0 Å². The normalized spacial score (nSPS) is 11.0. The molecule has 0 radical (unpaired) electrons. The molecule has 39 heavy (non-hydrogen) atoms. The van der Waals surface area contributed by atoms with Crippen LogP contribution < -0.4 is 25.4 Å². The molecule has 2 aromatic heterocycles. The van der Waals surface area contributed by atoms with E-state index in [9.17, 15) is 9.90 Å². The van der Waals surface area contributed by atoms with Crippen LogP contribution in [0.5, 0.6) is 11.5 Å². The summed E-state index contributed by atoms with van der Waals surface area (Å²) in [5, 5.41) is 21.2. The van der Waals surface area contributed by atoms with Crippen molar-refractivity contribution >= 4 is 50.6 Å². The highest BCUT2D eigenvalue weighted by atomic mass is 32.1. The SMILES string of the molecule is CCCN(CCO)CCCOc1cc2c(Nc3cccc(NC(=O)Nc4nccs4)c3)ncnc2cc1OC. The van der Waals surface area contributed by atoms with E-state index < -0.39 is 0 Å². The standard InChI is InChI=1S/C27H33N7O4S/c1-3-9-34(11-12-35)10-5-13-38-24-16-21-22(17-23(24)37-2)29-18-30-25(21)31-19-6-4-7-20(15-19)32-26(36)33-27-28-8-14-39-27/h4,6-8,14-18,35H,3,5,9-13H2,1-2H3,(H,29,30,31)(H2,28,32,33,36). The second-order valence-electron chi connectivity index (χ2n) is 8.63. The average Bonchev–Trinajstić information content (AvgIpc) is 3.44. The van der Waals surface area contributed by atoms with Crippen molar-refractivity contribution in [1.29, 1.82) is 0 Å². The predicted octanol–water partition coefficient (Wildman–Crippen LogP) is 4.96. The summed E-state index contributed by atoms with van der Waals surface area (Å²) < 4.78 is 11.7. The minimum Gasteiger partial charge on any atom is -0.493 e. The Bertz CT molecular complexity index is 1350. The molecule has 0 aliphatic rings. The second-order valence-corrected chi connectivity index (χ2v) is 9.53. The van der Waals surface area contributed by atoms with Gasteiger partial charge in [-0.1, -0.05) is 13.0 Å². The zero-order chi connectivity index (χ0) is 27.5. The van der Waals surface area contributed by atoms with Crippen molar-refractivity contribution in [2.75, 3.05) is 55.9 Å². The van der Waals surface area contributed by atoms with Crippen molar-refractivity contribution < 1.29 is 19.4 Å². The molecule has 2 heterocycles. The minimum atomic E-state index is -0.377. The number of aliphatic hydroxyl groups is 1. The van der Waals surface area contributed by atoms with Gasteiger partial charge in [0.2, 0.25) is 0 Å². The van der Waals surface area contributed by atoms with Gasteiger partial charge >= 0.3 is 6.03 Å². The summed E-state index contributed by atoms with van der Waals surface area (Å²) in [5.74, 6) is 1.78. The predicted molar refractivity (Wildman–Crippen MR) is 154 cm³/mol. The molecule has 0 unspecified atom stereocenters. The third-order valence-corrected chi connectivity index (χ3v) is 6.48. The maximum Gasteiger partial charge on any atom is 0.325 e. The van der Waals surface area contributed by atoms with E-state index in [2.05, 4.69) is 42.7 Å². The molecule has 2 aromatic carbocycles. The molecular weight excluding hydrogens is 518 g/mol. The van der Waals surface area contributed by atoms with Crippen LogP contribution in [-0.4, -0.2) is 70.9 Å². The van der Waals surface area contributed by atoms with Crippen LogP contribution in [0, 0.1) is 0 Å². The topological polar surface area (TPSA) is 134 Å². The molecule has 0 atom stereocenters. The van der Waals surface area contributed by atoms with Crippen molar-refractivity contribution in [2.45, 2.75) is 19.8 Å². The van der Waals surface area contributed by atoms with Gasteiger partial charge in [0.1, 0.15) is 12.1 Å². The van der Waals surface area contributed by atoms with Gasteiger partial charge in [-0.25, -0.2) is 19.7 Å². The number of rotatable bonds is 14. The van der Waals surface area contributed by atoms with Crippen LogP contribution in [-0.2, 0) is 0 Å². The van der Waals surface area contributed by atoms with Crippen LogP contribution in [0.15, 0.2) is 54.3 Å². The van der Waals surface area contributed by atoms with Gasteiger partial charge in [-0.2, -0.15) is 0 Å². The van der Waals surface area contributed by atoms with E-state index in [1.165, 1.54) is 17.7 Å². The van der Waals surface area contributed by atoms with E-state index >= 15 is 0 Å². The molecule has 4 rings (SSSR count). The quantitative estimate of drug-likeness (QED) is 0.161. The smallest absolute Gasteiger partial charge is 0.325 e. The Morgan fingerprint density at radius 1 is 1.05 bits per heavy atom. The Morgan fingerprint density at radius 3 is 2.69 bits per heavy atom. The van der Waals surface area contributed by atoms with Crippen molar-refractivity contribution in [1.82, 2.24) is 19.9 Å². The first-order valence-electron chi connectivity index (χ1n) is 12.7. The molecule has 11 nitrogen and oxygen atoms in total. The van der Waals surface area contributed by atoms with Crippen molar-refractivity contribution in [3.63, 3.8) is 0 Å². The number of hydrogen-bond donors (Lipinski definition) is 4. The van der Waals surface area contributed by atoms with Gasteiger partial charge in [-0.3, -0.25) is 5.32 Å². The highest BCUT2D eigenvalue weighted by Gasteiger charge is 2.13. The van der Waals surface area contributed by atoms with Gasteiger partial charge in [0, 0.05) is 47.5 Å². The lowest BCUT2D eigenvalue weighted by molar-refractivity contribution is 0.182. The lowest BCUT2D eigenvalue weighted by atomic mass is 10.2. The minimum absolute atomic E-state index is 0.147. The number of nitrogens with zero attached hydrogens (tertiary/aromatic N) is 4. The molecule has 0 bridgehead atoms. The number of aliphatic hydroxyl groups excluding tert-OH is 1. The van der Waals surface area contributed by atoms with E-state index in [1.54, 1.807) is 24.8 Å². The summed E-state index contributed by atoms with van der Waals surface area (Å²) in [7, 11) is 1.60. The van der Waals surface area contributed by atoms with Gasteiger partial charge < -0.3 is 30.1 Å². The first-order valence-corrected chi connectivity index (χ1v) is 13.6. The maximum atomic E-state index is 12.3. The van der Waals surface area contributed by atoms with Crippen LogP contribution >= 0.6 is 11.3 Å². The fourth-order valence-corrected chi connectivity index (χ4v) is 4.58. The number of ether oxygens (including phenoxy) is 2. The van der Waals surface area contributed by atoms with E-state index in [0.717, 1.165) is 37.0 Å². The molecule has 0 aliphatic carbocycles. The fraction of sp³-hybridized carbons (Fsp3) is 0.333. The number of aromatic nitrogens is 3. The highest BCUT2D eigenvalue weighted by molar-refractivity contribution is 7.13. The fourth-order valence-electron chi connectivity index (χ4n) is 4.06. The highest BCUT2D eigenvalue weighted by Crippen LogP contribution is 2.35.